The lowest BCUT2D eigenvalue weighted by Crippen LogP contribution is -2.32. The molecule has 2 unspecified atom stereocenters. The molecule has 82 valence electrons. The highest BCUT2D eigenvalue weighted by Gasteiger charge is 2.26. The summed E-state index contributed by atoms with van der Waals surface area (Å²) in [5.41, 5.74) is 6.95. The molecular formula is C12H19N3. The Bertz CT molecular complexity index is 299. The standard InChI is InChI=1S/C12H19N3/c1-10-5-7-15(9-10)12(8-13)11-4-2-3-6-14-11/h2-4,6,10,12H,5,7-9,13H2,1H3. The fourth-order valence-electron chi connectivity index (χ4n) is 2.28. The van der Waals surface area contributed by atoms with Crippen molar-refractivity contribution in [1.82, 2.24) is 9.88 Å². The number of pyridine rings is 1. The van der Waals surface area contributed by atoms with Crippen LogP contribution in [-0.2, 0) is 0 Å². The summed E-state index contributed by atoms with van der Waals surface area (Å²) in [5.74, 6) is 0.794. The first-order valence-electron chi connectivity index (χ1n) is 5.66. The van der Waals surface area contributed by atoms with Crippen LogP contribution in [0.4, 0.5) is 0 Å². The molecule has 0 aliphatic carbocycles. The Kier molecular flexibility index (Phi) is 3.34. The molecule has 1 aliphatic rings. The SMILES string of the molecule is CC1CCN(C(CN)c2ccccn2)C1. The van der Waals surface area contributed by atoms with E-state index in [1.54, 1.807) is 0 Å². The van der Waals surface area contributed by atoms with Crippen molar-refractivity contribution < 1.29 is 0 Å². The molecule has 0 spiro atoms. The predicted molar refractivity (Wildman–Crippen MR) is 61.4 cm³/mol. The van der Waals surface area contributed by atoms with Crippen molar-refractivity contribution in [1.29, 1.82) is 0 Å². The van der Waals surface area contributed by atoms with Gasteiger partial charge in [-0.1, -0.05) is 13.0 Å². The van der Waals surface area contributed by atoms with Gasteiger partial charge in [-0.2, -0.15) is 0 Å². The average molecular weight is 205 g/mol. The van der Waals surface area contributed by atoms with Crippen LogP contribution in [-0.4, -0.2) is 29.5 Å². The normalized spacial score (nSPS) is 24.3. The van der Waals surface area contributed by atoms with Crippen LogP contribution in [0.5, 0.6) is 0 Å². The van der Waals surface area contributed by atoms with Crippen molar-refractivity contribution in [2.75, 3.05) is 19.6 Å². The number of rotatable bonds is 3. The van der Waals surface area contributed by atoms with Crippen LogP contribution in [0.2, 0.25) is 0 Å². The Morgan fingerprint density at radius 3 is 3.00 bits per heavy atom. The summed E-state index contributed by atoms with van der Waals surface area (Å²) in [6, 6.07) is 6.35. The molecule has 0 radical (unpaired) electrons. The second-order valence-electron chi connectivity index (χ2n) is 4.39. The topological polar surface area (TPSA) is 42.1 Å². The van der Waals surface area contributed by atoms with Gasteiger partial charge in [0.15, 0.2) is 0 Å². The van der Waals surface area contributed by atoms with Crippen molar-refractivity contribution >= 4 is 0 Å². The summed E-state index contributed by atoms with van der Waals surface area (Å²) in [4.78, 5) is 6.85. The van der Waals surface area contributed by atoms with E-state index in [0.717, 1.165) is 24.7 Å². The van der Waals surface area contributed by atoms with E-state index in [9.17, 15) is 0 Å². The molecule has 2 N–H and O–H groups in total. The number of likely N-dealkylation sites (tertiary alicyclic amines) is 1. The van der Waals surface area contributed by atoms with Gasteiger partial charge in [0.25, 0.3) is 0 Å². The molecule has 1 aliphatic heterocycles. The molecule has 1 saturated heterocycles. The van der Waals surface area contributed by atoms with Crippen molar-refractivity contribution in [2.24, 2.45) is 11.7 Å². The molecule has 2 atom stereocenters. The molecule has 2 heterocycles. The van der Waals surface area contributed by atoms with Crippen LogP contribution >= 0.6 is 0 Å². The summed E-state index contributed by atoms with van der Waals surface area (Å²) < 4.78 is 0. The van der Waals surface area contributed by atoms with E-state index >= 15 is 0 Å². The first-order chi connectivity index (χ1) is 7.31. The van der Waals surface area contributed by atoms with Crippen molar-refractivity contribution in [3.63, 3.8) is 0 Å². The zero-order valence-electron chi connectivity index (χ0n) is 9.26. The van der Waals surface area contributed by atoms with Crippen LogP contribution in [0, 0.1) is 5.92 Å². The van der Waals surface area contributed by atoms with Gasteiger partial charge in [0.2, 0.25) is 0 Å². The molecule has 15 heavy (non-hydrogen) atoms. The minimum Gasteiger partial charge on any atom is -0.329 e. The van der Waals surface area contributed by atoms with E-state index < -0.39 is 0 Å². The smallest absolute Gasteiger partial charge is 0.0644 e. The highest BCUT2D eigenvalue weighted by Crippen LogP contribution is 2.25. The van der Waals surface area contributed by atoms with Gasteiger partial charge in [0, 0.05) is 19.3 Å². The Balaban J connectivity index is 2.11. The van der Waals surface area contributed by atoms with Crippen molar-refractivity contribution in [2.45, 2.75) is 19.4 Å². The molecule has 0 amide bonds. The third kappa shape index (κ3) is 2.36. The zero-order valence-corrected chi connectivity index (χ0v) is 9.26. The molecule has 1 aromatic heterocycles. The predicted octanol–water partition coefficient (Wildman–Crippen LogP) is 1.42. The van der Waals surface area contributed by atoms with Gasteiger partial charge in [-0.25, -0.2) is 0 Å². The molecule has 0 bridgehead atoms. The maximum Gasteiger partial charge on any atom is 0.0644 e. The first-order valence-corrected chi connectivity index (χ1v) is 5.66. The van der Waals surface area contributed by atoms with E-state index in [2.05, 4.69) is 22.9 Å². The Hall–Kier alpha value is -0.930. The summed E-state index contributed by atoms with van der Waals surface area (Å²) in [6.45, 7) is 5.26. The maximum absolute atomic E-state index is 5.85. The van der Waals surface area contributed by atoms with Gasteiger partial charge in [0.05, 0.1) is 11.7 Å². The molecule has 3 heteroatoms. The van der Waals surface area contributed by atoms with E-state index in [-0.39, 0.29) is 0 Å². The minimum absolute atomic E-state index is 0.302. The summed E-state index contributed by atoms with van der Waals surface area (Å²) in [7, 11) is 0. The van der Waals surface area contributed by atoms with Crippen LogP contribution in [0.3, 0.4) is 0 Å². The average Bonchev–Trinajstić information content (AvgIpc) is 2.68. The Labute approximate surface area is 91.3 Å². The highest BCUT2D eigenvalue weighted by molar-refractivity contribution is 5.10. The van der Waals surface area contributed by atoms with Gasteiger partial charge in [-0.3, -0.25) is 9.88 Å². The quantitative estimate of drug-likeness (QED) is 0.811. The van der Waals surface area contributed by atoms with Gasteiger partial charge < -0.3 is 5.73 Å². The zero-order chi connectivity index (χ0) is 10.7. The first kappa shape index (κ1) is 10.6. The van der Waals surface area contributed by atoms with Crippen LogP contribution in [0.25, 0.3) is 0 Å². The number of nitrogens with zero attached hydrogens (tertiary/aromatic N) is 2. The van der Waals surface area contributed by atoms with E-state index in [1.165, 1.54) is 6.42 Å². The molecule has 2 rings (SSSR count). The van der Waals surface area contributed by atoms with Crippen molar-refractivity contribution in [3.8, 4) is 0 Å². The second kappa shape index (κ2) is 4.73. The van der Waals surface area contributed by atoms with Crippen molar-refractivity contribution in [3.05, 3.63) is 30.1 Å². The van der Waals surface area contributed by atoms with E-state index in [4.69, 9.17) is 5.73 Å². The fourth-order valence-corrected chi connectivity index (χ4v) is 2.28. The van der Waals surface area contributed by atoms with Crippen LogP contribution in [0.15, 0.2) is 24.4 Å². The largest absolute Gasteiger partial charge is 0.329 e. The molecule has 3 nitrogen and oxygen atoms in total. The van der Waals surface area contributed by atoms with Gasteiger partial charge >= 0.3 is 0 Å². The van der Waals surface area contributed by atoms with E-state index in [1.807, 2.05) is 18.3 Å². The Morgan fingerprint density at radius 2 is 2.47 bits per heavy atom. The molecule has 1 aromatic rings. The summed E-state index contributed by atoms with van der Waals surface area (Å²) in [6.07, 6.45) is 3.13. The molecule has 0 aromatic carbocycles. The fraction of sp³-hybridized carbons (Fsp3) is 0.583. The molecular weight excluding hydrogens is 186 g/mol. The molecule has 1 fully saturated rings. The maximum atomic E-state index is 5.85. The molecule has 0 saturated carbocycles. The highest BCUT2D eigenvalue weighted by atomic mass is 15.2. The minimum atomic E-state index is 0.302. The lowest BCUT2D eigenvalue weighted by molar-refractivity contribution is 0.239. The monoisotopic (exact) mass is 205 g/mol. The number of hydrogen-bond acceptors (Lipinski definition) is 3. The lowest BCUT2D eigenvalue weighted by atomic mass is 10.1. The lowest BCUT2D eigenvalue weighted by Gasteiger charge is -2.25. The number of aromatic nitrogens is 1. The number of nitrogens with two attached hydrogens (primary N) is 1. The summed E-state index contributed by atoms with van der Waals surface area (Å²) >= 11 is 0. The van der Waals surface area contributed by atoms with Gasteiger partial charge in [-0.15, -0.1) is 0 Å². The van der Waals surface area contributed by atoms with Crippen LogP contribution < -0.4 is 5.73 Å². The third-order valence-corrected chi connectivity index (χ3v) is 3.15. The van der Waals surface area contributed by atoms with Gasteiger partial charge in [-0.05, 0) is 31.0 Å². The van der Waals surface area contributed by atoms with Crippen LogP contribution in [0.1, 0.15) is 25.1 Å². The van der Waals surface area contributed by atoms with Gasteiger partial charge in [0.1, 0.15) is 0 Å². The second-order valence-corrected chi connectivity index (χ2v) is 4.39. The van der Waals surface area contributed by atoms with E-state index in [0.29, 0.717) is 12.6 Å². The summed E-state index contributed by atoms with van der Waals surface area (Å²) in [5, 5.41) is 0. The Morgan fingerprint density at radius 1 is 1.60 bits per heavy atom. The number of hydrogen-bond donors (Lipinski definition) is 1. The third-order valence-electron chi connectivity index (χ3n) is 3.15.